The molecular weight excluding hydrogens is 397 g/mol. The molecule has 0 aliphatic carbocycles. The van der Waals surface area contributed by atoms with E-state index in [0.29, 0.717) is 12.8 Å². The number of alkyl carbamates (subject to hydrolysis) is 1. The van der Waals surface area contributed by atoms with Gasteiger partial charge in [-0.2, -0.15) is 13.2 Å². The van der Waals surface area contributed by atoms with Gasteiger partial charge >= 0.3 is 12.3 Å². The zero-order valence-corrected chi connectivity index (χ0v) is 16.7. The molecule has 1 unspecified atom stereocenters. The number of rotatable bonds is 4. The van der Waals surface area contributed by atoms with Gasteiger partial charge in [0.15, 0.2) is 6.29 Å². The molecule has 1 aromatic carbocycles. The number of benzene rings is 1. The van der Waals surface area contributed by atoms with Crippen LogP contribution in [0, 0.1) is 0 Å². The molecule has 1 amide bonds. The van der Waals surface area contributed by atoms with Crippen molar-refractivity contribution in [1.29, 1.82) is 0 Å². The largest absolute Gasteiger partial charge is 0.444 e. The molecule has 156 valence electrons. The molecule has 1 heterocycles. The number of halogens is 3. The number of aldehydes is 1. The van der Waals surface area contributed by atoms with Crippen molar-refractivity contribution in [3.05, 3.63) is 29.3 Å². The summed E-state index contributed by atoms with van der Waals surface area (Å²) in [5.74, 6) is 0. The van der Waals surface area contributed by atoms with E-state index in [1.165, 1.54) is 10.4 Å². The minimum atomic E-state index is -4.79. The van der Waals surface area contributed by atoms with Gasteiger partial charge in [0.2, 0.25) is 0 Å². The van der Waals surface area contributed by atoms with Gasteiger partial charge in [0.1, 0.15) is 16.6 Å². The molecular formula is C18H23F3N2O4S. The molecule has 1 atom stereocenters. The summed E-state index contributed by atoms with van der Waals surface area (Å²) in [5.41, 5.74) is -2.35. The second kappa shape index (κ2) is 8.60. The minimum Gasteiger partial charge on any atom is -0.444 e. The average molecular weight is 420 g/mol. The maximum atomic E-state index is 13.4. The Kier molecular flexibility index (Phi) is 6.87. The van der Waals surface area contributed by atoms with Gasteiger partial charge in [-0.05, 0) is 39.7 Å². The van der Waals surface area contributed by atoms with E-state index in [1.54, 1.807) is 20.8 Å². The van der Waals surface area contributed by atoms with Crippen molar-refractivity contribution in [2.24, 2.45) is 0 Å². The number of amides is 1. The van der Waals surface area contributed by atoms with Crippen molar-refractivity contribution >= 4 is 23.4 Å². The SMILES string of the molecule is CC(C)(C)OC(=O)NC1CCN(S(=O)c2cccc(C=O)c2C(F)(F)F)CC1. The van der Waals surface area contributed by atoms with Gasteiger partial charge in [-0.1, -0.05) is 12.1 Å². The number of carbonyl (C=O) groups excluding carboxylic acids is 2. The van der Waals surface area contributed by atoms with E-state index < -0.39 is 44.9 Å². The Morgan fingerprint density at radius 3 is 2.36 bits per heavy atom. The van der Waals surface area contributed by atoms with Gasteiger partial charge in [-0.25, -0.2) is 13.3 Å². The van der Waals surface area contributed by atoms with Crippen LogP contribution in [0.4, 0.5) is 18.0 Å². The molecule has 0 saturated carbocycles. The van der Waals surface area contributed by atoms with E-state index in [2.05, 4.69) is 5.32 Å². The van der Waals surface area contributed by atoms with Gasteiger partial charge in [-0.3, -0.25) is 4.79 Å². The lowest BCUT2D eigenvalue weighted by Crippen LogP contribution is -2.46. The molecule has 0 bridgehead atoms. The quantitative estimate of drug-likeness (QED) is 0.757. The highest BCUT2D eigenvalue weighted by Crippen LogP contribution is 2.36. The van der Waals surface area contributed by atoms with Crippen LogP contribution in [0.1, 0.15) is 49.5 Å². The highest BCUT2D eigenvalue weighted by molar-refractivity contribution is 7.82. The van der Waals surface area contributed by atoms with Crippen molar-refractivity contribution in [3.63, 3.8) is 0 Å². The maximum absolute atomic E-state index is 13.4. The topological polar surface area (TPSA) is 75.7 Å². The Morgan fingerprint density at radius 2 is 1.86 bits per heavy atom. The summed E-state index contributed by atoms with van der Waals surface area (Å²) in [7, 11) is -2.07. The lowest BCUT2D eigenvalue weighted by atomic mass is 10.1. The number of hydrogen-bond acceptors (Lipinski definition) is 4. The monoisotopic (exact) mass is 420 g/mol. The van der Waals surface area contributed by atoms with Crippen LogP contribution in [0.2, 0.25) is 0 Å². The van der Waals surface area contributed by atoms with Gasteiger partial charge in [-0.15, -0.1) is 0 Å². The smallest absolute Gasteiger partial charge is 0.418 e. The van der Waals surface area contributed by atoms with Crippen LogP contribution >= 0.6 is 0 Å². The van der Waals surface area contributed by atoms with E-state index >= 15 is 0 Å². The molecule has 0 spiro atoms. The van der Waals surface area contributed by atoms with Crippen LogP contribution in [0.5, 0.6) is 0 Å². The highest BCUT2D eigenvalue weighted by Gasteiger charge is 2.39. The van der Waals surface area contributed by atoms with Gasteiger partial charge in [0.05, 0.1) is 10.5 Å². The zero-order chi connectivity index (χ0) is 21.1. The summed E-state index contributed by atoms with van der Waals surface area (Å²) in [4.78, 5) is 22.4. The number of piperidine rings is 1. The molecule has 0 aromatic heterocycles. The first kappa shape index (κ1) is 22.4. The predicted octanol–water partition coefficient (Wildman–Crippen LogP) is 3.53. The van der Waals surface area contributed by atoms with E-state index in [0.717, 1.165) is 12.1 Å². The third kappa shape index (κ3) is 5.78. The van der Waals surface area contributed by atoms with Crippen molar-refractivity contribution in [2.45, 2.75) is 56.3 Å². The summed E-state index contributed by atoms with van der Waals surface area (Å²) in [5, 5.41) is 2.72. The Hall–Kier alpha value is -1.94. The summed E-state index contributed by atoms with van der Waals surface area (Å²) < 4.78 is 59.5. The Bertz CT molecular complexity index is 754. The summed E-state index contributed by atoms with van der Waals surface area (Å²) in [6.07, 6.45) is -4.41. The first-order valence-corrected chi connectivity index (χ1v) is 9.85. The third-order valence-electron chi connectivity index (χ3n) is 4.07. The van der Waals surface area contributed by atoms with Crippen molar-refractivity contribution in [2.75, 3.05) is 13.1 Å². The molecule has 6 nitrogen and oxygen atoms in total. The lowest BCUT2D eigenvalue weighted by molar-refractivity contribution is -0.140. The standard InChI is InChI=1S/C18H23F3N2O4S/c1-17(2,3)27-16(25)22-13-7-9-23(10-8-13)28(26)14-6-4-5-12(11-24)15(14)18(19,20)21/h4-6,11,13H,7-10H2,1-3H3,(H,22,25). The summed E-state index contributed by atoms with van der Waals surface area (Å²) in [6.45, 7) is 5.68. The summed E-state index contributed by atoms with van der Waals surface area (Å²) in [6, 6.07) is 3.24. The fourth-order valence-corrected chi connectivity index (χ4v) is 4.30. The predicted molar refractivity (Wildman–Crippen MR) is 97.2 cm³/mol. The molecule has 1 fully saturated rings. The molecule has 1 aliphatic heterocycles. The van der Waals surface area contributed by atoms with Crippen LogP contribution in [0.25, 0.3) is 0 Å². The average Bonchev–Trinajstić information content (AvgIpc) is 2.58. The number of nitrogens with zero attached hydrogens (tertiary/aromatic N) is 1. The second-order valence-corrected chi connectivity index (χ2v) is 8.89. The third-order valence-corrected chi connectivity index (χ3v) is 5.62. The van der Waals surface area contributed by atoms with Crippen LogP contribution in [-0.2, 0) is 21.9 Å². The van der Waals surface area contributed by atoms with Gasteiger partial charge in [0, 0.05) is 24.7 Å². The highest BCUT2D eigenvalue weighted by atomic mass is 32.2. The number of ether oxygens (including phenoxy) is 1. The number of alkyl halides is 3. The Morgan fingerprint density at radius 1 is 1.25 bits per heavy atom. The molecule has 0 radical (unpaired) electrons. The molecule has 1 aliphatic rings. The fourth-order valence-electron chi connectivity index (χ4n) is 2.87. The van der Waals surface area contributed by atoms with Crippen molar-refractivity contribution in [1.82, 2.24) is 9.62 Å². The van der Waals surface area contributed by atoms with E-state index in [9.17, 15) is 27.0 Å². The molecule has 1 N–H and O–H groups in total. The van der Waals surface area contributed by atoms with Crippen molar-refractivity contribution < 1.29 is 31.7 Å². The van der Waals surface area contributed by atoms with Gasteiger partial charge in [0.25, 0.3) is 0 Å². The zero-order valence-electron chi connectivity index (χ0n) is 15.8. The molecule has 1 saturated heterocycles. The number of hydrogen-bond donors (Lipinski definition) is 1. The maximum Gasteiger partial charge on any atom is 0.418 e. The van der Waals surface area contributed by atoms with Crippen LogP contribution in [0.15, 0.2) is 23.1 Å². The second-order valence-electron chi connectivity index (χ2n) is 7.43. The van der Waals surface area contributed by atoms with Crippen LogP contribution in [0.3, 0.4) is 0 Å². The first-order chi connectivity index (χ1) is 12.9. The van der Waals surface area contributed by atoms with E-state index in [4.69, 9.17) is 4.74 Å². The molecule has 10 heteroatoms. The van der Waals surface area contributed by atoms with Crippen LogP contribution < -0.4 is 5.32 Å². The molecule has 2 rings (SSSR count). The number of carbonyl (C=O) groups is 2. The van der Waals surface area contributed by atoms with E-state index in [1.807, 2.05) is 0 Å². The molecule has 28 heavy (non-hydrogen) atoms. The number of nitrogens with one attached hydrogen (secondary N) is 1. The fraction of sp³-hybridized carbons (Fsp3) is 0.556. The normalized spacial score (nSPS) is 17.8. The van der Waals surface area contributed by atoms with Crippen LogP contribution in [-0.4, -0.2) is 45.6 Å². The first-order valence-electron chi connectivity index (χ1n) is 8.74. The minimum absolute atomic E-state index is 0.112. The van der Waals surface area contributed by atoms with E-state index in [-0.39, 0.29) is 25.4 Å². The van der Waals surface area contributed by atoms with Gasteiger partial charge < -0.3 is 10.1 Å². The van der Waals surface area contributed by atoms with Crippen molar-refractivity contribution in [3.8, 4) is 0 Å². The molecule has 1 aromatic rings. The Labute approximate surface area is 164 Å². The summed E-state index contributed by atoms with van der Waals surface area (Å²) >= 11 is 0. The Balaban J connectivity index is 2.07. The lowest BCUT2D eigenvalue weighted by Gasteiger charge is -2.32.